The first-order valence-corrected chi connectivity index (χ1v) is 7.58. The molecule has 1 aliphatic carbocycles. The lowest BCUT2D eigenvalue weighted by molar-refractivity contribution is 0.251. The quantitative estimate of drug-likeness (QED) is 0.708. The molecule has 0 aromatic carbocycles. The maximum atomic E-state index is 12.0. The fourth-order valence-electron chi connectivity index (χ4n) is 1.90. The van der Waals surface area contributed by atoms with E-state index in [0.717, 1.165) is 24.9 Å². The number of halogens is 2. The van der Waals surface area contributed by atoms with Crippen LogP contribution in [0.15, 0.2) is 16.5 Å². The van der Waals surface area contributed by atoms with E-state index in [1.165, 1.54) is 12.8 Å². The van der Waals surface area contributed by atoms with E-state index in [-0.39, 0.29) is 5.75 Å². The molecule has 1 fully saturated rings. The summed E-state index contributed by atoms with van der Waals surface area (Å²) in [6, 6.07) is 4.39. The van der Waals surface area contributed by atoms with Crippen molar-refractivity contribution in [3.05, 3.63) is 23.7 Å². The fourth-order valence-corrected chi connectivity index (χ4v) is 2.35. The third kappa shape index (κ3) is 5.50. The number of nitrogens with one attached hydrogen (secondary N) is 1. The normalized spacial score (nSPS) is 15.6. The number of furan rings is 1. The van der Waals surface area contributed by atoms with Gasteiger partial charge in [-0.1, -0.05) is 11.8 Å². The Bertz CT molecular complexity index is 382. The van der Waals surface area contributed by atoms with Gasteiger partial charge in [0, 0.05) is 19.1 Å². The molecule has 1 aromatic heterocycles. The molecule has 0 bridgehead atoms. The average Bonchev–Trinajstić information content (AvgIpc) is 3.13. The Morgan fingerprint density at radius 2 is 2.16 bits per heavy atom. The first-order chi connectivity index (χ1) is 9.15. The van der Waals surface area contributed by atoms with Crippen LogP contribution in [0.3, 0.4) is 0 Å². The van der Waals surface area contributed by atoms with Gasteiger partial charge in [-0.05, 0) is 32.0 Å². The van der Waals surface area contributed by atoms with Gasteiger partial charge in [0.05, 0.1) is 12.3 Å². The van der Waals surface area contributed by atoms with Gasteiger partial charge in [0.25, 0.3) is 5.76 Å². The monoisotopic (exact) mass is 290 g/mol. The molecule has 6 heteroatoms. The minimum Gasteiger partial charge on any atom is -0.464 e. The second kappa shape index (κ2) is 7.26. The highest BCUT2D eigenvalue weighted by molar-refractivity contribution is 7.98. The van der Waals surface area contributed by atoms with Gasteiger partial charge in [0.15, 0.2) is 0 Å². The van der Waals surface area contributed by atoms with Crippen molar-refractivity contribution in [3.63, 3.8) is 0 Å². The summed E-state index contributed by atoms with van der Waals surface area (Å²) < 4.78 is 29.5. The molecule has 1 heterocycles. The lowest BCUT2D eigenvalue weighted by Crippen LogP contribution is -2.30. The first kappa shape index (κ1) is 14.8. The van der Waals surface area contributed by atoms with Gasteiger partial charge in [0.1, 0.15) is 11.5 Å². The number of thioether (sulfide) groups is 1. The maximum absolute atomic E-state index is 12.0. The molecule has 108 valence electrons. The minimum absolute atomic E-state index is 0.224. The van der Waals surface area contributed by atoms with Gasteiger partial charge in [-0.2, -0.15) is 8.78 Å². The lowest BCUT2D eigenvalue weighted by Gasteiger charge is -2.15. The second-order valence-corrected chi connectivity index (χ2v) is 5.81. The maximum Gasteiger partial charge on any atom is 0.284 e. The zero-order chi connectivity index (χ0) is 13.7. The van der Waals surface area contributed by atoms with Crippen LogP contribution in [0.4, 0.5) is 8.78 Å². The summed E-state index contributed by atoms with van der Waals surface area (Å²) in [7, 11) is 2.14. The van der Waals surface area contributed by atoms with Crippen LogP contribution < -0.4 is 5.32 Å². The zero-order valence-electron chi connectivity index (χ0n) is 11.1. The lowest BCUT2D eigenvalue weighted by atomic mass is 10.4. The minimum atomic E-state index is -2.34. The SMILES string of the molecule is CN(CCNCc1ccc(CSC(F)F)o1)C1CC1. The molecule has 0 spiro atoms. The molecule has 1 aromatic rings. The molecule has 2 rings (SSSR count). The molecule has 3 nitrogen and oxygen atoms in total. The molecule has 0 saturated heterocycles. The van der Waals surface area contributed by atoms with E-state index in [1.54, 1.807) is 6.07 Å². The molecule has 0 unspecified atom stereocenters. The summed E-state index contributed by atoms with van der Waals surface area (Å²) >= 11 is 0.586. The molecule has 19 heavy (non-hydrogen) atoms. The second-order valence-electron chi connectivity index (χ2n) is 4.83. The molecule has 0 amide bonds. The Morgan fingerprint density at radius 3 is 2.84 bits per heavy atom. The third-order valence-corrected chi connectivity index (χ3v) is 3.88. The van der Waals surface area contributed by atoms with Crippen molar-refractivity contribution >= 4 is 11.8 Å². The van der Waals surface area contributed by atoms with Gasteiger partial charge in [-0.15, -0.1) is 0 Å². The summed E-state index contributed by atoms with van der Waals surface area (Å²) in [5, 5.41) is 3.30. The molecular formula is C13H20F2N2OS. The highest BCUT2D eigenvalue weighted by atomic mass is 32.2. The van der Waals surface area contributed by atoms with Crippen LogP contribution >= 0.6 is 11.8 Å². The smallest absolute Gasteiger partial charge is 0.284 e. The Kier molecular flexibility index (Phi) is 5.66. The van der Waals surface area contributed by atoms with Crippen molar-refractivity contribution in [2.45, 2.75) is 36.9 Å². The number of hydrogen-bond donors (Lipinski definition) is 1. The van der Waals surface area contributed by atoms with E-state index in [2.05, 4.69) is 17.3 Å². The number of rotatable bonds is 9. The molecule has 0 radical (unpaired) electrons. The average molecular weight is 290 g/mol. The van der Waals surface area contributed by atoms with Crippen LogP contribution in [-0.2, 0) is 12.3 Å². The molecule has 0 atom stereocenters. The van der Waals surface area contributed by atoms with Crippen LogP contribution in [-0.4, -0.2) is 36.8 Å². The van der Waals surface area contributed by atoms with Crippen molar-refractivity contribution in [2.75, 3.05) is 20.1 Å². The Morgan fingerprint density at radius 1 is 1.42 bits per heavy atom. The number of nitrogens with zero attached hydrogens (tertiary/aromatic N) is 1. The zero-order valence-corrected chi connectivity index (χ0v) is 11.9. The van der Waals surface area contributed by atoms with E-state index < -0.39 is 5.76 Å². The van der Waals surface area contributed by atoms with E-state index in [0.29, 0.717) is 24.1 Å². The first-order valence-electron chi connectivity index (χ1n) is 6.53. The van der Waals surface area contributed by atoms with Crippen LogP contribution in [0, 0.1) is 0 Å². The number of alkyl halides is 2. The summed E-state index contributed by atoms with van der Waals surface area (Å²) in [6.45, 7) is 2.59. The predicted molar refractivity (Wildman–Crippen MR) is 73.4 cm³/mol. The molecular weight excluding hydrogens is 270 g/mol. The van der Waals surface area contributed by atoms with Gasteiger partial charge in [-0.25, -0.2) is 0 Å². The predicted octanol–water partition coefficient (Wildman–Crippen LogP) is 2.92. The van der Waals surface area contributed by atoms with Gasteiger partial charge >= 0.3 is 0 Å². The van der Waals surface area contributed by atoms with E-state index >= 15 is 0 Å². The van der Waals surface area contributed by atoms with Crippen LogP contribution in [0.25, 0.3) is 0 Å². The van der Waals surface area contributed by atoms with Crippen molar-refractivity contribution < 1.29 is 13.2 Å². The van der Waals surface area contributed by atoms with Crippen LogP contribution in [0.5, 0.6) is 0 Å². The standard InChI is InChI=1S/C13H20F2N2OS/c1-17(10-2-3-10)7-6-16-8-11-4-5-12(18-11)9-19-13(14)15/h4-5,10,13,16H,2-3,6-9H2,1H3. The largest absolute Gasteiger partial charge is 0.464 e. The van der Waals surface area contributed by atoms with Gasteiger partial charge in [0.2, 0.25) is 0 Å². The third-order valence-electron chi connectivity index (χ3n) is 3.18. The molecule has 1 aliphatic rings. The fraction of sp³-hybridized carbons (Fsp3) is 0.692. The van der Waals surface area contributed by atoms with Crippen molar-refractivity contribution in [1.82, 2.24) is 10.2 Å². The Labute approximate surface area is 116 Å². The summed E-state index contributed by atoms with van der Waals surface area (Å²) in [6.07, 6.45) is 2.64. The molecule has 1 saturated carbocycles. The highest BCUT2D eigenvalue weighted by Crippen LogP contribution is 2.24. The number of likely N-dealkylation sites (N-methyl/N-ethyl adjacent to an activating group) is 1. The highest BCUT2D eigenvalue weighted by Gasteiger charge is 2.25. The van der Waals surface area contributed by atoms with Crippen molar-refractivity contribution in [1.29, 1.82) is 0 Å². The van der Waals surface area contributed by atoms with Gasteiger partial charge in [-0.3, -0.25) is 0 Å². The van der Waals surface area contributed by atoms with Crippen molar-refractivity contribution in [2.24, 2.45) is 0 Å². The topological polar surface area (TPSA) is 28.4 Å². The molecule has 1 N–H and O–H groups in total. The van der Waals surface area contributed by atoms with E-state index in [9.17, 15) is 8.78 Å². The van der Waals surface area contributed by atoms with Crippen molar-refractivity contribution in [3.8, 4) is 0 Å². The number of hydrogen-bond acceptors (Lipinski definition) is 4. The van der Waals surface area contributed by atoms with Gasteiger partial charge < -0.3 is 14.6 Å². The Hall–Kier alpha value is -0.590. The summed E-state index contributed by atoms with van der Waals surface area (Å²) in [5.74, 6) is -0.706. The van der Waals surface area contributed by atoms with Crippen LogP contribution in [0.1, 0.15) is 24.4 Å². The van der Waals surface area contributed by atoms with E-state index in [1.807, 2.05) is 6.07 Å². The van der Waals surface area contributed by atoms with Crippen LogP contribution in [0.2, 0.25) is 0 Å². The summed E-state index contributed by atoms with van der Waals surface area (Å²) in [5.41, 5.74) is 0. The van der Waals surface area contributed by atoms with E-state index in [4.69, 9.17) is 4.42 Å². The molecule has 0 aliphatic heterocycles. The summed E-state index contributed by atoms with van der Waals surface area (Å²) in [4.78, 5) is 2.36. The Balaban J connectivity index is 1.60.